The molecule has 1 N–H and O–H groups in total. The largest absolute Gasteiger partial charge is 0.481 e. The highest BCUT2D eigenvalue weighted by molar-refractivity contribution is 5.94. The highest BCUT2D eigenvalue weighted by Gasteiger charge is 2.38. The maximum atomic E-state index is 12.3. The zero-order valence-corrected chi connectivity index (χ0v) is 10.9. The summed E-state index contributed by atoms with van der Waals surface area (Å²) in [5, 5.41) is 9.10. The first-order valence-corrected chi connectivity index (χ1v) is 6.01. The second-order valence-electron chi connectivity index (χ2n) is 4.65. The van der Waals surface area contributed by atoms with Gasteiger partial charge in [0, 0.05) is 24.5 Å². The van der Waals surface area contributed by atoms with Crippen molar-refractivity contribution in [2.75, 3.05) is 20.3 Å². The van der Waals surface area contributed by atoms with E-state index in [2.05, 4.69) is 4.98 Å². The van der Waals surface area contributed by atoms with E-state index in [0.29, 0.717) is 5.56 Å². The number of aryl methyl sites for hydroxylation is 1. The van der Waals surface area contributed by atoms with Crippen LogP contribution < -0.4 is 0 Å². The molecule has 1 fully saturated rings. The van der Waals surface area contributed by atoms with E-state index in [-0.39, 0.29) is 19.1 Å². The number of ether oxygens (including phenoxy) is 1. The molecule has 1 aromatic rings. The number of likely N-dealkylation sites (N-methyl/N-ethyl adjacent to an activating group) is 1. The second kappa shape index (κ2) is 5.36. The Morgan fingerprint density at radius 1 is 1.47 bits per heavy atom. The Bertz CT molecular complexity index is 503. The molecule has 0 saturated carbocycles. The molecule has 1 saturated heterocycles. The number of hydrogen-bond donors (Lipinski definition) is 1. The third-order valence-corrected chi connectivity index (χ3v) is 3.33. The number of carboxylic acid groups (broad SMARTS) is 1. The third-order valence-electron chi connectivity index (χ3n) is 3.33. The summed E-state index contributed by atoms with van der Waals surface area (Å²) in [6, 6.07) is 2.88. The standard InChI is InChI=1S/C13H16N2O4/c1-8-5-9(3-4-14-8)12(16)15(2)11-7-19-6-10(11)13(17)18/h3-5,10-11H,6-7H2,1-2H3,(H,17,18). The number of hydrogen-bond acceptors (Lipinski definition) is 4. The summed E-state index contributed by atoms with van der Waals surface area (Å²) in [5.74, 6) is -1.82. The lowest BCUT2D eigenvalue weighted by Crippen LogP contribution is -2.44. The molecular formula is C13H16N2O4. The van der Waals surface area contributed by atoms with Crippen LogP contribution >= 0.6 is 0 Å². The lowest BCUT2D eigenvalue weighted by molar-refractivity contribution is -0.142. The molecule has 0 aromatic carbocycles. The van der Waals surface area contributed by atoms with E-state index in [0.717, 1.165) is 5.69 Å². The minimum absolute atomic E-state index is 0.146. The van der Waals surface area contributed by atoms with Gasteiger partial charge < -0.3 is 14.7 Å². The summed E-state index contributed by atoms with van der Waals surface area (Å²) in [7, 11) is 1.60. The number of aromatic nitrogens is 1. The smallest absolute Gasteiger partial charge is 0.311 e. The fraction of sp³-hybridized carbons (Fsp3) is 0.462. The molecule has 1 aromatic heterocycles. The maximum Gasteiger partial charge on any atom is 0.311 e. The Kier molecular flexibility index (Phi) is 3.80. The predicted octanol–water partition coefficient (Wildman–Crippen LogP) is 0.562. The van der Waals surface area contributed by atoms with Crippen molar-refractivity contribution in [2.45, 2.75) is 13.0 Å². The van der Waals surface area contributed by atoms with Crippen LogP contribution in [0.1, 0.15) is 16.1 Å². The minimum Gasteiger partial charge on any atom is -0.481 e. The van der Waals surface area contributed by atoms with Crippen LogP contribution in [0.4, 0.5) is 0 Å². The van der Waals surface area contributed by atoms with E-state index in [1.54, 1.807) is 32.3 Å². The first-order valence-electron chi connectivity index (χ1n) is 6.01. The zero-order valence-electron chi connectivity index (χ0n) is 10.9. The van der Waals surface area contributed by atoms with E-state index in [9.17, 15) is 9.59 Å². The molecule has 1 amide bonds. The van der Waals surface area contributed by atoms with Crippen molar-refractivity contribution in [3.63, 3.8) is 0 Å². The monoisotopic (exact) mass is 264 g/mol. The number of carbonyl (C=O) groups is 2. The molecule has 0 aliphatic carbocycles. The summed E-state index contributed by atoms with van der Waals surface area (Å²) in [5.41, 5.74) is 1.25. The number of carbonyl (C=O) groups excluding carboxylic acids is 1. The van der Waals surface area contributed by atoms with Gasteiger partial charge in [-0.25, -0.2) is 0 Å². The fourth-order valence-electron chi connectivity index (χ4n) is 2.19. The fourth-order valence-corrected chi connectivity index (χ4v) is 2.19. The molecule has 0 bridgehead atoms. The summed E-state index contributed by atoms with van der Waals surface area (Å²) in [6.07, 6.45) is 1.57. The molecule has 1 aliphatic heterocycles. The first-order chi connectivity index (χ1) is 9.00. The molecule has 0 radical (unpaired) electrons. The highest BCUT2D eigenvalue weighted by atomic mass is 16.5. The quantitative estimate of drug-likeness (QED) is 0.863. The molecule has 6 nitrogen and oxygen atoms in total. The number of rotatable bonds is 3. The van der Waals surface area contributed by atoms with E-state index >= 15 is 0 Å². The lowest BCUT2D eigenvalue weighted by atomic mass is 10.0. The lowest BCUT2D eigenvalue weighted by Gasteiger charge is -2.26. The number of carboxylic acids is 1. The van der Waals surface area contributed by atoms with Crippen LogP contribution in [0.15, 0.2) is 18.3 Å². The van der Waals surface area contributed by atoms with Crippen LogP contribution in [0.3, 0.4) is 0 Å². The van der Waals surface area contributed by atoms with E-state index in [4.69, 9.17) is 9.84 Å². The van der Waals surface area contributed by atoms with E-state index in [1.165, 1.54) is 4.90 Å². The Labute approximate surface area is 111 Å². The SMILES string of the molecule is Cc1cc(C(=O)N(C)C2COCC2C(=O)O)ccn1. The Hall–Kier alpha value is -1.95. The van der Waals surface area contributed by atoms with Crippen LogP contribution in [-0.4, -0.2) is 53.2 Å². The minimum atomic E-state index is -0.937. The van der Waals surface area contributed by atoms with Crippen molar-refractivity contribution < 1.29 is 19.4 Å². The van der Waals surface area contributed by atoms with Crippen LogP contribution in [0.5, 0.6) is 0 Å². The molecule has 2 heterocycles. The number of pyridine rings is 1. The Balaban J connectivity index is 2.17. The van der Waals surface area contributed by atoms with Gasteiger partial charge in [0.2, 0.25) is 0 Å². The van der Waals surface area contributed by atoms with Crippen LogP contribution in [-0.2, 0) is 9.53 Å². The van der Waals surface area contributed by atoms with Crippen molar-refractivity contribution in [2.24, 2.45) is 5.92 Å². The normalized spacial score (nSPS) is 22.2. The van der Waals surface area contributed by atoms with Gasteiger partial charge in [0.15, 0.2) is 0 Å². The van der Waals surface area contributed by atoms with Crippen molar-refractivity contribution in [1.29, 1.82) is 0 Å². The van der Waals surface area contributed by atoms with Gasteiger partial charge in [0.25, 0.3) is 5.91 Å². The zero-order chi connectivity index (χ0) is 14.0. The average Bonchev–Trinajstić information content (AvgIpc) is 2.86. The maximum absolute atomic E-state index is 12.3. The third kappa shape index (κ3) is 2.73. The van der Waals surface area contributed by atoms with Crippen molar-refractivity contribution in [3.05, 3.63) is 29.6 Å². The van der Waals surface area contributed by atoms with Crippen molar-refractivity contribution >= 4 is 11.9 Å². The summed E-state index contributed by atoms with van der Waals surface area (Å²) in [4.78, 5) is 28.9. The van der Waals surface area contributed by atoms with Gasteiger partial charge in [-0.05, 0) is 19.1 Å². The number of aliphatic carboxylic acids is 1. The van der Waals surface area contributed by atoms with Gasteiger partial charge >= 0.3 is 5.97 Å². The molecule has 102 valence electrons. The van der Waals surface area contributed by atoms with Gasteiger partial charge in [0.05, 0.1) is 19.3 Å². The molecule has 1 aliphatic rings. The first kappa shape index (κ1) is 13.5. The molecule has 19 heavy (non-hydrogen) atoms. The number of amides is 1. The molecule has 2 unspecified atom stereocenters. The summed E-state index contributed by atoms with van der Waals surface area (Å²) in [6.45, 7) is 2.20. The second-order valence-corrected chi connectivity index (χ2v) is 4.65. The Morgan fingerprint density at radius 3 is 2.84 bits per heavy atom. The van der Waals surface area contributed by atoms with Gasteiger partial charge in [-0.15, -0.1) is 0 Å². The molecule has 2 atom stereocenters. The average molecular weight is 264 g/mol. The molecule has 0 spiro atoms. The van der Waals surface area contributed by atoms with Gasteiger partial charge in [-0.1, -0.05) is 0 Å². The van der Waals surface area contributed by atoms with Crippen molar-refractivity contribution in [1.82, 2.24) is 9.88 Å². The van der Waals surface area contributed by atoms with E-state index < -0.39 is 17.9 Å². The topological polar surface area (TPSA) is 79.7 Å². The van der Waals surface area contributed by atoms with Crippen LogP contribution in [0.2, 0.25) is 0 Å². The molecular weight excluding hydrogens is 248 g/mol. The van der Waals surface area contributed by atoms with Crippen LogP contribution in [0, 0.1) is 12.8 Å². The van der Waals surface area contributed by atoms with Gasteiger partial charge in [-0.3, -0.25) is 14.6 Å². The highest BCUT2D eigenvalue weighted by Crippen LogP contribution is 2.20. The summed E-state index contributed by atoms with van der Waals surface area (Å²) < 4.78 is 5.17. The molecule has 6 heteroatoms. The van der Waals surface area contributed by atoms with Gasteiger partial charge in [-0.2, -0.15) is 0 Å². The number of nitrogens with zero attached hydrogens (tertiary/aromatic N) is 2. The Morgan fingerprint density at radius 2 is 2.21 bits per heavy atom. The van der Waals surface area contributed by atoms with Gasteiger partial charge in [0.1, 0.15) is 5.92 Å². The van der Waals surface area contributed by atoms with Crippen LogP contribution in [0.25, 0.3) is 0 Å². The van der Waals surface area contributed by atoms with E-state index in [1.807, 2.05) is 0 Å². The summed E-state index contributed by atoms with van der Waals surface area (Å²) >= 11 is 0. The molecule has 2 rings (SSSR count). The van der Waals surface area contributed by atoms with Crippen molar-refractivity contribution in [3.8, 4) is 0 Å². The predicted molar refractivity (Wildman–Crippen MR) is 66.8 cm³/mol.